The number of nitrogens with zero attached hydrogens (tertiary/aromatic N) is 1. The van der Waals surface area contributed by atoms with Crippen LogP contribution >= 0.6 is 15.9 Å². The topological polar surface area (TPSA) is 66.8 Å². The van der Waals surface area contributed by atoms with E-state index in [9.17, 15) is 14.7 Å². The molecular formula is C28H26BrNO4. The number of carbonyl (C=O) groups excluding carboxylic acids is 2. The van der Waals surface area contributed by atoms with Gasteiger partial charge in [0.05, 0.1) is 18.7 Å². The molecule has 0 bridgehead atoms. The predicted octanol–water partition coefficient (Wildman–Crippen LogP) is 6.20. The molecule has 1 unspecified atom stereocenters. The number of hydrogen-bond acceptors (Lipinski definition) is 4. The normalized spacial score (nSPS) is 17.4. The second-order valence-corrected chi connectivity index (χ2v) is 9.52. The monoisotopic (exact) mass is 519 g/mol. The smallest absolute Gasteiger partial charge is 0.295 e. The Hall–Kier alpha value is -3.38. The van der Waals surface area contributed by atoms with E-state index in [0.717, 1.165) is 21.2 Å². The SMILES string of the molecule is COc1ccc(CN2C(=O)C(=O)/C(=C(\O)c3ccc(Br)cc3)C2c2ccc(C(C)C)cc2)cc1. The van der Waals surface area contributed by atoms with Gasteiger partial charge in [-0.05, 0) is 46.9 Å². The van der Waals surface area contributed by atoms with Crippen LogP contribution in [0.15, 0.2) is 82.8 Å². The van der Waals surface area contributed by atoms with Gasteiger partial charge in [0.2, 0.25) is 0 Å². The fourth-order valence-corrected chi connectivity index (χ4v) is 4.41. The minimum absolute atomic E-state index is 0.0955. The van der Waals surface area contributed by atoms with Gasteiger partial charge < -0.3 is 14.7 Å². The third-order valence-corrected chi connectivity index (χ3v) is 6.62. The third kappa shape index (κ3) is 4.64. The maximum atomic E-state index is 13.2. The Morgan fingerprint density at radius 3 is 2.15 bits per heavy atom. The van der Waals surface area contributed by atoms with E-state index < -0.39 is 17.7 Å². The fraction of sp³-hybridized carbons (Fsp3) is 0.214. The summed E-state index contributed by atoms with van der Waals surface area (Å²) in [6.45, 7) is 4.44. The molecule has 0 spiro atoms. The number of aliphatic hydroxyl groups excluding tert-OH is 1. The summed E-state index contributed by atoms with van der Waals surface area (Å²) in [6, 6.07) is 21.6. The van der Waals surface area contributed by atoms with Crippen molar-refractivity contribution in [2.75, 3.05) is 7.11 Å². The van der Waals surface area contributed by atoms with Crippen molar-refractivity contribution in [2.45, 2.75) is 32.4 Å². The minimum atomic E-state index is -0.702. The lowest BCUT2D eigenvalue weighted by atomic mass is 9.93. The van der Waals surface area contributed by atoms with Crippen molar-refractivity contribution < 1.29 is 19.4 Å². The molecule has 34 heavy (non-hydrogen) atoms. The molecule has 3 aromatic carbocycles. The first kappa shape index (κ1) is 23.8. The van der Waals surface area contributed by atoms with Crippen LogP contribution in [0.1, 0.15) is 48.1 Å². The van der Waals surface area contributed by atoms with Crippen molar-refractivity contribution in [1.82, 2.24) is 4.90 Å². The fourth-order valence-electron chi connectivity index (χ4n) is 4.14. The highest BCUT2D eigenvalue weighted by atomic mass is 79.9. The second kappa shape index (κ2) is 9.85. The van der Waals surface area contributed by atoms with Crippen LogP contribution in [-0.4, -0.2) is 28.8 Å². The summed E-state index contributed by atoms with van der Waals surface area (Å²) >= 11 is 3.39. The van der Waals surface area contributed by atoms with Gasteiger partial charge in [0.25, 0.3) is 11.7 Å². The quantitative estimate of drug-likeness (QED) is 0.239. The van der Waals surface area contributed by atoms with Gasteiger partial charge in [-0.25, -0.2) is 0 Å². The van der Waals surface area contributed by atoms with Gasteiger partial charge in [0.15, 0.2) is 0 Å². The lowest BCUT2D eigenvalue weighted by molar-refractivity contribution is -0.140. The van der Waals surface area contributed by atoms with Crippen molar-refractivity contribution in [3.05, 3.63) is 105 Å². The number of hydrogen-bond donors (Lipinski definition) is 1. The summed E-state index contributed by atoms with van der Waals surface area (Å²) in [6.07, 6.45) is 0. The summed E-state index contributed by atoms with van der Waals surface area (Å²) in [5.41, 5.74) is 3.36. The van der Waals surface area contributed by atoms with E-state index in [0.29, 0.717) is 17.2 Å². The van der Waals surface area contributed by atoms with E-state index in [1.54, 1.807) is 31.4 Å². The number of carbonyl (C=O) groups is 2. The molecule has 1 atom stereocenters. The third-order valence-electron chi connectivity index (χ3n) is 6.09. The first-order chi connectivity index (χ1) is 16.3. The van der Waals surface area contributed by atoms with Crippen LogP contribution in [0.4, 0.5) is 0 Å². The number of rotatable bonds is 6. The summed E-state index contributed by atoms with van der Waals surface area (Å²) in [5, 5.41) is 11.2. The van der Waals surface area contributed by atoms with E-state index in [4.69, 9.17) is 4.74 Å². The summed E-state index contributed by atoms with van der Waals surface area (Å²) in [7, 11) is 1.59. The average molecular weight is 520 g/mol. The zero-order valence-corrected chi connectivity index (χ0v) is 20.9. The number of aliphatic hydroxyl groups is 1. The molecule has 4 rings (SSSR count). The second-order valence-electron chi connectivity index (χ2n) is 8.60. The van der Waals surface area contributed by atoms with Gasteiger partial charge in [-0.2, -0.15) is 0 Å². The van der Waals surface area contributed by atoms with Crippen molar-refractivity contribution in [2.24, 2.45) is 0 Å². The van der Waals surface area contributed by atoms with Gasteiger partial charge in [-0.1, -0.05) is 78.3 Å². The highest BCUT2D eigenvalue weighted by Gasteiger charge is 2.46. The lowest BCUT2D eigenvalue weighted by Crippen LogP contribution is -2.29. The van der Waals surface area contributed by atoms with Gasteiger partial charge in [-0.3, -0.25) is 9.59 Å². The molecule has 5 nitrogen and oxygen atoms in total. The van der Waals surface area contributed by atoms with Crippen LogP contribution < -0.4 is 4.74 Å². The number of amides is 1. The van der Waals surface area contributed by atoms with E-state index in [-0.39, 0.29) is 17.9 Å². The number of benzene rings is 3. The highest BCUT2D eigenvalue weighted by molar-refractivity contribution is 9.10. The van der Waals surface area contributed by atoms with Crippen LogP contribution in [0.2, 0.25) is 0 Å². The standard InChI is InChI=1S/C28H26BrNO4/c1-17(2)19-6-8-20(9-7-19)25-24(26(31)21-10-12-22(29)13-11-21)27(32)28(33)30(25)16-18-4-14-23(34-3)15-5-18/h4-15,17,25,31H,16H2,1-3H3/b26-24-. The van der Waals surface area contributed by atoms with Crippen molar-refractivity contribution >= 4 is 33.4 Å². The molecule has 0 saturated carbocycles. The number of halogens is 1. The molecule has 0 aromatic heterocycles. The Balaban J connectivity index is 1.82. The summed E-state index contributed by atoms with van der Waals surface area (Å²) in [5.74, 6) is -0.440. The first-order valence-corrected chi connectivity index (χ1v) is 11.9. The number of ketones is 1. The van der Waals surface area contributed by atoms with Crippen molar-refractivity contribution in [1.29, 1.82) is 0 Å². The van der Waals surface area contributed by atoms with E-state index in [2.05, 4.69) is 29.8 Å². The van der Waals surface area contributed by atoms with Crippen LogP contribution in [0, 0.1) is 0 Å². The van der Waals surface area contributed by atoms with Gasteiger partial charge in [0, 0.05) is 16.6 Å². The van der Waals surface area contributed by atoms with Crippen LogP contribution in [0.5, 0.6) is 5.75 Å². The van der Waals surface area contributed by atoms with E-state index in [1.165, 1.54) is 4.90 Å². The molecule has 1 fully saturated rings. The summed E-state index contributed by atoms with van der Waals surface area (Å²) in [4.78, 5) is 27.9. The molecule has 6 heteroatoms. The van der Waals surface area contributed by atoms with Crippen LogP contribution in [0.3, 0.4) is 0 Å². The lowest BCUT2D eigenvalue weighted by Gasteiger charge is -2.26. The van der Waals surface area contributed by atoms with Crippen molar-refractivity contribution in [3.8, 4) is 5.75 Å². The van der Waals surface area contributed by atoms with Crippen LogP contribution in [0.25, 0.3) is 5.76 Å². The van der Waals surface area contributed by atoms with E-state index >= 15 is 0 Å². The maximum absolute atomic E-state index is 13.2. The Labute approximate surface area is 207 Å². The largest absolute Gasteiger partial charge is 0.507 e. The van der Waals surface area contributed by atoms with Crippen molar-refractivity contribution in [3.63, 3.8) is 0 Å². The molecule has 1 amide bonds. The van der Waals surface area contributed by atoms with Gasteiger partial charge in [-0.15, -0.1) is 0 Å². The molecule has 1 N–H and O–H groups in total. The maximum Gasteiger partial charge on any atom is 0.295 e. The highest BCUT2D eigenvalue weighted by Crippen LogP contribution is 2.40. The zero-order chi connectivity index (χ0) is 24.4. The Morgan fingerprint density at radius 2 is 1.59 bits per heavy atom. The molecule has 1 aliphatic heterocycles. The molecule has 0 aliphatic carbocycles. The van der Waals surface area contributed by atoms with Gasteiger partial charge >= 0.3 is 0 Å². The molecular weight excluding hydrogens is 494 g/mol. The molecule has 1 heterocycles. The molecule has 3 aromatic rings. The molecule has 1 aliphatic rings. The number of likely N-dealkylation sites (tertiary alicyclic amines) is 1. The minimum Gasteiger partial charge on any atom is -0.507 e. The average Bonchev–Trinajstić information content (AvgIpc) is 3.09. The Morgan fingerprint density at radius 1 is 0.971 bits per heavy atom. The Bertz CT molecular complexity index is 1230. The number of methoxy groups -OCH3 is 1. The van der Waals surface area contributed by atoms with Crippen LogP contribution in [-0.2, 0) is 16.1 Å². The molecule has 0 radical (unpaired) electrons. The van der Waals surface area contributed by atoms with Gasteiger partial charge in [0.1, 0.15) is 11.5 Å². The number of Topliss-reactive ketones (excluding diaryl/α,β-unsaturated/α-hetero) is 1. The molecule has 1 saturated heterocycles. The summed E-state index contributed by atoms with van der Waals surface area (Å²) < 4.78 is 6.08. The Kier molecular flexibility index (Phi) is 6.89. The first-order valence-electron chi connectivity index (χ1n) is 11.1. The predicted molar refractivity (Wildman–Crippen MR) is 136 cm³/mol. The molecule has 174 valence electrons. The van der Waals surface area contributed by atoms with E-state index in [1.807, 2.05) is 48.5 Å². The zero-order valence-electron chi connectivity index (χ0n) is 19.3. The number of ether oxygens (including phenoxy) is 1.